The summed E-state index contributed by atoms with van der Waals surface area (Å²) in [5.41, 5.74) is 1.60. The number of nitrogens with zero attached hydrogens (tertiary/aromatic N) is 5. The predicted molar refractivity (Wildman–Crippen MR) is 126 cm³/mol. The maximum absolute atomic E-state index is 13.5. The maximum atomic E-state index is 13.5. The van der Waals surface area contributed by atoms with Gasteiger partial charge in [0.25, 0.3) is 0 Å². The van der Waals surface area contributed by atoms with Gasteiger partial charge < -0.3 is 5.32 Å². The van der Waals surface area contributed by atoms with Gasteiger partial charge >= 0.3 is 0 Å². The molecule has 7 nitrogen and oxygen atoms in total. The summed E-state index contributed by atoms with van der Waals surface area (Å²) in [6, 6.07) is 12.9. The third kappa shape index (κ3) is 5.90. The average molecular weight is 485 g/mol. The topological polar surface area (TPSA) is 86.8 Å². The first-order chi connectivity index (χ1) is 16.0. The van der Waals surface area contributed by atoms with Crippen LogP contribution >= 0.6 is 23.4 Å². The fourth-order valence-electron chi connectivity index (χ4n) is 3.67. The molecule has 0 bridgehead atoms. The molecular formula is C23H22ClFN6OS. The van der Waals surface area contributed by atoms with Crippen molar-refractivity contribution in [3.05, 3.63) is 64.7 Å². The fraction of sp³-hybridized carbons (Fsp3) is 0.304. The lowest BCUT2D eigenvalue weighted by Gasteiger charge is -2.26. The summed E-state index contributed by atoms with van der Waals surface area (Å²) < 4.78 is 15.4. The number of thioether (sulfide) groups is 1. The highest BCUT2D eigenvalue weighted by Crippen LogP contribution is 2.25. The summed E-state index contributed by atoms with van der Waals surface area (Å²) in [6.07, 6.45) is 3.56. The minimum absolute atomic E-state index is 0.0979. The minimum atomic E-state index is -0.320. The van der Waals surface area contributed by atoms with Crippen molar-refractivity contribution in [2.75, 3.05) is 24.2 Å². The van der Waals surface area contributed by atoms with E-state index in [2.05, 4.69) is 20.4 Å². The number of benzene rings is 2. The lowest BCUT2D eigenvalue weighted by atomic mass is 10.1. The SMILES string of the molecule is N#Cc1ccc(NC(=O)CSc2nnc(CN3CCCCC3)n2-c2ccc(F)cc2)cc1Cl. The molecule has 170 valence electrons. The second-order valence-electron chi connectivity index (χ2n) is 7.69. The lowest BCUT2D eigenvalue weighted by Crippen LogP contribution is -2.30. The third-order valence-electron chi connectivity index (χ3n) is 5.30. The van der Waals surface area contributed by atoms with Gasteiger partial charge in [-0.1, -0.05) is 29.8 Å². The van der Waals surface area contributed by atoms with Gasteiger partial charge in [-0.05, 0) is 68.4 Å². The Balaban J connectivity index is 1.49. The van der Waals surface area contributed by atoms with Crippen molar-refractivity contribution in [1.29, 1.82) is 5.26 Å². The van der Waals surface area contributed by atoms with Crippen LogP contribution in [0.15, 0.2) is 47.6 Å². The maximum Gasteiger partial charge on any atom is 0.234 e. The molecule has 1 fully saturated rings. The summed E-state index contributed by atoms with van der Waals surface area (Å²) >= 11 is 7.28. The monoisotopic (exact) mass is 484 g/mol. The third-order valence-corrected chi connectivity index (χ3v) is 6.55. The molecule has 1 aliphatic rings. The van der Waals surface area contributed by atoms with Gasteiger partial charge in [-0.3, -0.25) is 14.3 Å². The van der Waals surface area contributed by atoms with E-state index in [0.29, 0.717) is 23.0 Å². The Hall–Kier alpha value is -2.93. The van der Waals surface area contributed by atoms with Crippen molar-refractivity contribution in [2.45, 2.75) is 31.0 Å². The zero-order valence-electron chi connectivity index (χ0n) is 17.8. The Bertz CT molecular complexity index is 1170. The number of halogens is 2. The summed E-state index contributed by atoms with van der Waals surface area (Å²) in [6.45, 7) is 2.66. The Morgan fingerprint density at radius 1 is 1.15 bits per heavy atom. The highest BCUT2D eigenvalue weighted by molar-refractivity contribution is 7.99. The molecule has 1 amide bonds. The summed E-state index contributed by atoms with van der Waals surface area (Å²) in [5.74, 6) is 0.289. The number of hydrogen-bond acceptors (Lipinski definition) is 6. The first-order valence-corrected chi connectivity index (χ1v) is 11.9. The molecule has 0 spiro atoms. The van der Waals surface area contributed by atoms with Crippen LogP contribution in [0.25, 0.3) is 5.69 Å². The van der Waals surface area contributed by atoms with Gasteiger partial charge in [0.15, 0.2) is 11.0 Å². The number of rotatable bonds is 7. The van der Waals surface area contributed by atoms with E-state index in [4.69, 9.17) is 16.9 Å². The number of likely N-dealkylation sites (tertiary alicyclic amines) is 1. The Morgan fingerprint density at radius 3 is 2.61 bits per heavy atom. The van der Waals surface area contributed by atoms with Crippen LogP contribution < -0.4 is 5.32 Å². The van der Waals surface area contributed by atoms with Crippen molar-refractivity contribution in [2.24, 2.45) is 0 Å². The summed E-state index contributed by atoms with van der Waals surface area (Å²) in [4.78, 5) is 14.8. The number of nitriles is 1. The van der Waals surface area contributed by atoms with E-state index in [-0.39, 0.29) is 22.5 Å². The number of amides is 1. The van der Waals surface area contributed by atoms with E-state index in [9.17, 15) is 9.18 Å². The van der Waals surface area contributed by atoms with Gasteiger partial charge in [-0.15, -0.1) is 10.2 Å². The van der Waals surface area contributed by atoms with Gasteiger partial charge in [-0.2, -0.15) is 5.26 Å². The highest BCUT2D eigenvalue weighted by atomic mass is 35.5. The van der Waals surface area contributed by atoms with Crippen LogP contribution in [-0.2, 0) is 11.3 Å². The van der Waals surface area contributed by atoms with E-state index in [1.807, 2.05) is 10.6 Å². The lowest BCUT2D eigenvalue weighted by molar-refractivity contribution is -0.113. The number of aromatic nitrogens is 3. The molecule has 0 atom stereocenters. The van der Waals surface area contributed by atoms with Crippen LogP contribution in [0.1, 0.15) is 30.7 Å². The van der Waals surface area contributed by atoms with Crippen LogP contribution in [0.5, 0.6) is 0 Å². The van der Waals surface area contributed by atoms with E-state index in [1.165, 1.54) is 30.3 Å². The van der Waals surface area contributed by atoms with Crippen LogP contribution in [0.4, 0.5) is 10.1 Å². The van der Waals surface area contributed by atoms with Crippen molar-refractivity contribution < 1.29 is 9.18 Å². The van der Waals surface area contributed by atoms with E-state index in [0.717, 1.165) is 37.4 Å². The van der Waals surface area contributed by atoms with Gasteiger partial charge in [-0.25, -0.2) is 4.39 Å². The van der Waals surface area contributed by atoms with E-state index in [1.54, 1.807) is 30.3 Å². The molecular weight excluding hydrogens is 463 g/mol. The predicted octanol–water partition coefficient (Wildman–Crippen LogP) is 4.65. The standard InChI is InChI=1S/C23H22ClFN6OS/c24-20-12-18(7-4-16(20)13-26)27-22(32)15-33-23-29-28-21(14-30-10-2-1-3-11-30)31(23)19-8-5-17(25)6-9-19/h4-9,12H,1-3,10-11,14-15H2,(H,27,32). The molecule has 1 N–H and O–H groups in total. The zero-order chi connectivity index (χ0) is 23.2. The Morgan fingerprint density at radius 2 is 1.91 bits per heavy atom. The van der Waals surface area contributed by atoms with Crippen LogP contribution in [-0.4, -0.2) is 44.4 Å². The molecule has 2 aromatic carbocycles. The largest absolute Gasteiger partial charge is 0.325 e. The van der Waals surface area contributed by atoms with Crippen molar-refractivity contribution >= 4 is 35.0 Å². The molecule has 1 aromatic heterocycles. The number of piperidine rings is 1. The molecule has 4 rings (SSSR count). The molecule has 0 aliphatic carbocycles. The van der Waals surface area contributed by atoms with E-state index < -0.39 is 0 Å². The Kier molecular flexibility index (Phi) is 7.60. The smallest absolute Gasteiger partial charge is 0.234 e. The normalized spacial score (nSPS) is 14.1. The number of carbonyl (C=O) groups is 1. The molecule has 2 heterocycles. The van der Waals surface area contributed by atoms with Gasteiger partial charge in [0.1, 0.15) is 11.9 Å². The molecule has 1 saturated heterocycles. The molecule has 10 heteroatoms. The van der Waals surface area contributed by atoms with Gasteiger partial charge in [0, 0.05) is 11.4 Å². The van der Waals surface area contributed by atoms with Crippen LogP contribution in [0.2, 0.25) is 5.02 Å². The van der Waals surface area contributed by atoms with E-state index >= 15 is 0 Å². The van der Waals surface area contributed by atoms with Crippen molar-refractivity contribution in [3.8, 4) is 11.8 Å². The fourth-order valence-corrected chi connectivity index (χ4v) is 4.67. The molecule has 33 heavy (non-hydrogen) atoms. The number of carbonyl (C=O) groups excluding carboxylic acids is 1. The Labute approximate surface area is 200 Å². The molecule has 0 saturated carbocycles. The van der Waals surface area contributed by atoms with Gasteiger partial charge in [0.2, 0.25) is 5.91 Å². The quantitative estimate of drug-likeness (QED) is 0.491. The average Bonchev–Trinajstić information content (AvgIpc) is 3.21. The van der Waals surface area contributed by atoms with Crippen LogP contribution in [0, 0.1) is 17.1 Å². The molecule has 1 aliphatic heterocycles. The second kappa shape index (κ2) is 10.8. The number of hydrogen-bond donors (Lipinski definition) is 1. The first kappa shape index (κ1) is 23.2. The second-order valence-corrected chi connectivity index (χ2v) is 9.04. The first-order valence-electron chi connectivity index (χ1n) is 10.6. The van der Waals surface area contributed by atoms with Crippen molar-refractivity contribution in [3.63, 3.8) is 0 Å². The van der Waals surface area contributed by atoms with Gasteiger partial charge in [0.05, 0.1) is 22.9 Å². The molecule has 0 unspecified atom stereocenters. The summed E-state index contributed by atoms with van der Waals surface area (Å²) in [5, 5.41) is 21.3. The summed E-state index contributed by atoms with van der Waals surface area (Å²) in [7, 11) is 0. The van der Waals surface area contributed by atoms with Crippen LogP contribution in [0.3, 0.4) is 0 Å². The number of nitrogens with one attached hydrogen (secondary N) is 1. The minimum Gasteiger partial charge on any atom is -0.325 e. The number of anilines is 1. The molecule has 3 aromatic rings. The molecule has 0 radical (unpaired) electrons. The van der Waals surface area contributed by atoms with Crippen molar-refractivity contribution in [1.82, 2.24) is 19.7 Å². The zero-order valence-corrected chi connectivity index (χ0v) is 19.4. The highest BCUT2D eigenvalue weighted by Gasteiger charge is 2.19.